The first-order valence-corrected chi connectivity index (χ1v) is 12.7. The first-order valence-electron chi connectivity index (χ1n) is 25.7. The molecule has 8 aromatic carbocycles. The molecule has 0 unspecified atom stereocenters. The van der Waals surface area contributed by atoms with Crippen LogP contribution in [0.25, 0.3) is 87.6 Å². The van der Waals surface area contributed by atoms with Crippen LogP contribution in [-0.2, 0) is 0 Å². The molecule has 9 aromatic rings. The van der Waals surface area contributed by atoms with Crippen molar-refractivity contribution in [2.45, 2.75) is 0 Å². The molecule has 1 heteroatoms. The molecule has 0 N–H and O–H groups in total. The normalized spacial score (nSPS) is 20.2. The van der Waals surface area contributed by atoms with Crippen molar-refractivity contribution in [2.75, 3.05) is 0 Å². The number of fused-ring (bicyclic) bond motifs is 6. The Morgan fingerprint density at radius 1 is 0.372 bits per heavy atom. The molecule has 0 saturated heterocycles. The molecule has 200 valence electrons. The second-order valence-electron chi connectivity index (χ2n) is 9.26. The largest absolute Gasteiger partial charge is 0.456 e. The minimum Gasteiger partial charge on any atom is -0.456 e. The summed E-state index contributed by atoms with van der Waals surface area (Å²) < 4.78 is 238. The van der Waals surface area contributed by atoms with Crippen molar-refractivity contribution in [2.24, 2.45) is 0 Å². The van der Waals surface area contributed by atoms with Crippen LogP contribution in [-0.4, -0.2) is 0 Å². The van der Waals surface area contributed by atoms with Gasteiger partial charge in [0.15, 0.2) is 0 Å². The van der Waals surface area contributed by atoms with Crippen molar-refractivity contribution in [1.29, 1.82) is 0 Å². The molecular formula is C42H26O. The van der Waals surface area contributed by atoms with E-state index in [1.165, 1.54) is 0 Å². The number of hydrogen-bond donors (Lipinski definition) is 0. The van der Waals surface area contributed by atoms with Crippen molar-refractivity contribution in [1.82, 2.24) is 0 Å². The second kappa shape index (κ2) is 9.44. The van der Waals surface area contributed by atoms with Crippen LogP contribution < -0.4 is 0 Å². The van der Waals surface area contributed by atoms with Gasteiger partial charge in [0.1, 0.15) is 11.2 Å². The lowest BCUT2D eigenvalue weighted by Gasteiger charge is -2.18. The lowest BCUT2D eigenvalue weighted by molar-refractivity contribution is 0.669. The van der Waals surface area contributed by atoms with Crippen LogP contribution in [0.15, 0.2) is 162 Å². The Labute approximate surface area is 285 Å². The maximum atomic E-state index is 9.66. The number of benzene rings is 8. The Kier molecular flexibility index (Phi) is 2.13. The molecule has 0 saturated carbocycles. The fourth-order valence-electron chi connectivity index (χ4n) is 5.17. The second-order valence-corrected chi connectivity index (χ2v) is 9.26. The first-order chi connectivity index (χ1) is 32.2. The maximum absolute atomic E-state index is 9.66. The van der Waals surface area contributed by atoms with Crippen LogP contribution in [0.1, 0.15) is 35.6 Å². The number of hydrogen-bond acceptors (Lipinski definition) is 1. The molecule has 0 aliphatic rings. The zero-order valence-corrected chi connectivity index (χ0v) is 21.4. The van der Waals surface area contributed by atoms with Crippen molar-refractivity contribution in [3.8, 4) is 33.4 Å². The fraction of sp³-hybridized carbons (Fsp3) is 0. The minimum atomic E-state index is -1.03. The van der Waals surface area contributed by atoms with E-state index in [0.717, 1.165) is 0 Å². The molecule has 0 atom stereocenters. The van der Waals surface area contributed by atoms with E-state index in [9.17, 15) is 13.7 Å². The summed E-state index contributed by atoms with van der Waals surface area (Å²) in [6.45, 7) is 0. The molecule has 1 aromatic heterocycles. The average molecular weight is 573 g/mol. The summed E-state index contributed by atoms with van der Waals surface area (Å²) in [4.78, 5) is 0. The van der Waals surface area contributed by atoms with E-state index in [0.29, 0.717) is 0 Å². The summed E-state index contributed by atoms with van der Waals surface area (Å²) in [5.74, 6) is 0. The zero-order valence-electron chi connectivity index (χ0n) is 47.4. The maximum Gasteiger partial charge on any atom is 0.136 e. The molecular weight excluding hydrogens is 520 g/mol. The Balaban J connectivity index is 1.60. The average Bonchev–Trinajstić information content (AvgIpc) is 3.72. The van der Waals surface area contributed by atoms with Crippen molar-refractivity contribution in [3.63, 3.8) is 0 Å². The molecule has 0 aliphatic heterocycles. The Morgan fingerprint density at radius 2 is 0.907 bits per heavy atom. The van der Waals surface area contributed by atoms with Crippen LogP contribution in [0.4, 0.5) is 0 Å². The summed E-state index contributed by atoms with van der Waals surface area (Å²) in [6.07, 6.45) is 0. The molecule has 0 spiro atoms. The third kappa shape index (κ3) is 3.72. The first kappa shape index (κ1) is 9.69. The monoisotopic (exact) mass is 572 g/mol. The highest BCUT2D eigenvalue weighted by atomic mass is 16.3. The molecule has 0 radical (unpaired) electrons. The minimum absolute atomic E-state index is 0.460. The highest BCUT2D eigenvalue weighted by Gasteiger charge is 2.20. The summed E-state index contributed by atoms with van der Waals surface area (Å²) in [5.41, 5.74) is -5.35. The van der Waals surface area contributed by atoms with E-state index in [-0.39, 0.29) is 0 Å². The van der Waals surface area contributed by atoms with E-state index < -0.39 is 245 Å². The number of para-hydroxylation sites is 1. The van der Waals surface area contributed by atoms with Gasteiger partial charge in [-0.3, -0.25) is 0 Å². The number of rotatable bonds is 3. The van der Waals surface area contributed by atoms with Gasteiger partial charge in [0.25, 0.3) is 0 Å². The van der Waals surface area contributed by atoms with E-state index >= 15 is 0 Å². The molecule has 1 nitrogen and oxygen atoms in total. The summed E-state index contributed by atoms with van der Waals surface area (Å²) in [6, 6.07) is -23.5. The smallest absolute Gasteiger partial charge is 0.136 e. The summed E-state index contributed by atoms with van der Waals surface area (Å²) >= 11 is 0. The fourth-order valence-corrected chi connectivity index (χ4v) is 5.17. The Hall–Kier alpha value is -5.66. The number of furan rings is 1. The molecule has 0 fully saturated rings. The highest BCUT2D eigenvalue weighted by Crippen LogP contribution is 2.47. The molecule has 0 bridgehead atoms. The van der Waals surface area contributed by atoms with Gasteiger partial charge in [0, 0.05) is 10.8 Å². The highest BCUT2D eigenvalue weighted by molar-refractivity contribution is 6.25. The van der Waals surface area contributed by atoms with Gasteiger partial charge >= 0.3 is 0 Å². The van der Waals surface area contributed by atoms with Crippen molar-refractivity contribution >= 4 is 54.3 Å². The van der Waals surface area contributed by atoms with Crippen LogP contribution in [0.5, 0.6) is 0 Å². The van der Waals surface area contributed by atoms with Crippen LogP contribution in [0, 0.1) is 0 Å². The van der Waals surface area contributed by atoms with Crippen molar-refractivity contribution in [3.05, 3.63) is 157 Å². The predicted molar refractivity (Wildman–Crippen MR) is 183 cm³/mol. The van der Waals surface area contributed by atoms with Gasteiger partial charge in [-0.05, 0) is 89.9 Å². The Morgan fingerprint density at radius 3 is 1.60 bits per heavy atom. The SMILES string of the molecule is [2H]c1c([2H])c([2H])c(-c2c([2H])c([2H])c3c([2H])c(-c4c5c([2H])c([2H])c([2H])c([2H])c5c(-c5c([2H])c([2H])c([2H])c6oc7c([2H])c([2H])c([2H])c([2H])c7c56)c5c([2H])c([2H])c([2H])c([2H])c45)c([2H])c([2H])c3c2[2H])c([2H])c1[2H]. The van der Waals surface area contributed by atoms with E-state index in [1.807, 2.05) is 0 Å². The molecule has 0 amide bonds. The molecule has 0 aliphatic carbocycles. The van der Waals surface area contributed by atoms with E-state index in [2.05, 4.69) is 0 Å². The standard InChI is InChI=1S/C42H26O/c1-2-11-27(12-3-1)28-21-22-30-26-31(24-23-29(30)25-28)40-32-13-4-6-15-34(32)41(35-16-7-5-14-33(35)40)37-18-10-20-39-42(37)36-17-8-9-19-38(36)43-39/h1-26H/i1D,2D,3D,4D,5D,6D,7D,8D,9D,10D,11D,12D,13D,14D,15D,16D,17D,18D,19D,20D,21D,22D,23D,24D,25D,26D. The molecule has 43 heavy (non-hydrogen) atoms. The third-order valence-corrected chi connectivity index (χ3v) is 6.95. The van der Waals surface area contributed by atoms with Gasteiger partial charge in [-0.15, -0.1) is 0 Å². The lowest BCUT2D eigenvalue weighted by Crippen LogP contribution is -1.91. The van der Waals surface area contributed by atoms with Gasteiger partial charge in [0.2, 0.25) is 0 Å². The van der Waals surface area contributed by atoms with Crippen molar-refractivity contribution < 1.29 is 40.1 Å². The molecule has 1 heterocycles. The third-order valence-electron chi connectivity index (χ3n) is 6.95. The van der Waals surface area contributed by atoms with Gasteiger partial charge in [-0.2, -0.15) is 0 Å². The van der Waals surface area contributed by atoms with Gasteiger partial charge in [0.05, 0.1) is 35.6 Å². The summed E-state index contributed by atoms with van der Waals surface area (Å²) in [7, 11) is 0. The molecule has 9 rings (SSSR count). The predicted octanol–water partition coefficient (Wildman–Crippen LogP) is 12.0. The van der Waals surface area contributed by atoms with Gasteiger partial charge in [-0.25, -0.2) is 0 Å². The van der Waals surface area contributed by atoms with Crippen LogP contribution in [0.2, 0.25) is 0 Å². The van der Waals surface area contributed by atoms with Gasteiger partial charge in [-0.1, -0.05) is 133 Å². The van der Waals surface area contributed by atoms with E-state index in [4.69, 9.17) is 26.3 Å². The Bertz CT molecular complexity index is 3860. The summed E-state index contributed by atoms with van der Waals surface area (Å²) in [5, 5.41) is -5.14. The van der Waals surface area contributed by atoms with E-state index in [1.54, 1.807) is 0 Å². The van der Waals surface area contributed by atoms with Gasteiger partial charge < -0.3 is 4.42 Å². The van der Waals surface area contributed by atoms with Crippen LogP contribution >= 0.6 is 0 Å². The quantitative estimate of drug-likeness (QED) is 0.192. The van der Waals surface area contributed by atoms with Crippen LogP contribution in [0.3, 0.4) is 0 Å². The zero-order chi connectivity index (χ0) is 51.0. The topological polar surface area (TPSA) is 13.1 Å². The lowest BCUT2D eigenvalue weighted by atomic mass is 9.84.